The predicted molar refractivity (Wildman–Crippen MR) is 174 cm³/mol. The fourth-order valence-electron chi connectivity index (χ4n) is 7.51. The first-order valence-electron chi connectivity index (χ1n) is 15.4. The Hall–Kier alpha value is -5.02. The van der Waals surface area contributed by atoms with Crippen molar-refractivity contribution in [3.05, 3.63) is 114 Å². The van der Waals surface area contributed by atoms with Crippen LogP contribution in [0, 0.1) is 5.92 Å². The van der Waals surface area contributed by atoms with Crippen LogP contribution in [0.1, 0.15) is 42.0 Å². The zero-order valence-corrected chi connectivity index (χ0v) is 27.8. The Morgan fingerprint density at radius 3 is 2.44 bits per heavy atom. The summed E-state index contributed by atoms with van der Waals surface area (Å²) in [6.45, 7) is 1.89. The van der Waals surface area contributed by atoms with E-state index < -0.39 is 63.2 Å². The lowest BCUT2D eigenvalue weighted by Crippen LogP contribution is -2.53. The summed E-state index contributed by atoms with van der Waals surface area (Å²) >= 11 is 12.5. The molecule has 4 heterocycles. The summed E-state index contributed by atoms with van der Waals surface area (Å²) in [5.41, 5.74) is -0.149. The van der Waals surface area contributed by atoms with Gasteiger partial charge in [-0.1, -0.05) is 47.5 Å². The van der Waals surface area contributed by atoms with Crippen molar-refractivity contribution in [2.75, 3.05) is 12.0 Å². The smallest absolute Gasteiger partial charge is 0.417 e. The number of halogens is 5. The van der Waals surface area contributed by atoms with Crippen LogP contribution < -0.4 is 21.5 Å². The van der Waals surface area contributed by atoms with Gasteiger partial charge in [-0.3, -0.25) is 15.0 Å². The summed E-state index contributed by atoms with van der Waals surface area (Å²) in [5, 5.41) is 11.2. The van der Waals surface area contributed by atoms with Gasteiger partial charge in [-0.25, -0.2) is 28.5 Å². The van der Waals surface area contributed by atoms with E-state index in [1.165, 1.54) is 22.5 Å². The third-order valence-electron chi connectivity index (χ3n) is 9.63. The predicted octanol–water partition coefficient (Wildman–Crippen LogP) is 4.79. The average molecular weight is 732 g/mol. The van der Waals surface area contributed by atoms with Gasteiger partial charge in [0.25, 0.3) is 11.8 Å². The Morgan fingerprint density at radius 2 is 1.78 bits per heavy atom. The van der Waals surface area contributed by atoms with Crippen LogP contribution in [0.3, 0.4) is 0 Å². The van der Waals surface area contributed by atoms with Gasteiger partial charge < -0.3 is 9.84 Å². The highest BCUT2D eigenvalue weighted by atomic mass is 35.5. The summed E-state index contributed by atoms with van der Waals surface area (Å²) in [4.78, 5) is 60.1. The van der Waals surface area contributed by atoms with E-state index in [-0.39, 0.29) is 36.9 Å². The molecule has 2 aromatic heterocycles. The number of carbonyl (C=O) groups excluding carboxylic acids is 2. The van der Waals surface area contributed by atoms with Crippen molar-refractivity contribution in [1.82, 2.24) is 23.9 Å². The minimum absolute atomic E-state index is 0.0236. The molecule has 12 nitrogen and oxygen atoms in total. The molecule has 50 heavy (non-hydrogen) atoms. The number of phenols is 1. The largest absolute Gasteiger partial charge is 0.504 e. The van der Waals surface area contributed by atoms with E-state index in [4.69, 9.17) is 27.9 Å². The van der Waals surface area contributed by atoms with Crippen LogP contribution in [0.4, 0.5) is 19.0 Å². The highest BCUT2D eigenvalue weighted by Crippen LogP contribution is 2.62. The highest BCUT2D eigenvalue weighted by Gasteiger charge is 2.69. The number of hydrogen-bond donors (Lipinski definition) is 2. The number of hydrazine groups is 1. The Labute approximate surface area is 290 Å². The molecule has 4 aromatic rings. The zero-order valence-electron chi connectivity index (χ0n) is 26.2. The minimum Gasteiger partial charge on any atom is -0.504 e. The van der Waals surface area contributed by atoms with Crippen molar-refractivity contribution < 1.29 is 32.6 Å². The van der Waals surface area contributed by atoms with E-state index in [1.54, 1.807) is 49.4 Å². The first-order chi connectivity index (χ1) is 23.7. The first-order valence-corrected chi connectivity index (χ1v) is 16.1. The number of pyridine rings is 1. The molecule has 2 N–H and O–H groups in total. The van der Waals surface area contributed by atoms with E-state index in [9.17, 15) is 32.7 Å². The molecule has 2 aliphatic heterocycles. The van der Waals surface area contributed by atoms with Gasteiger partial charge in [-0.05, 0) is 60.4 Å². The first kappa shape index (κ1) is 33.5. The summed E-state index contributed by atoms with van der Waals surface area (Å²) in [5.74, 6) is -4.25. The van der Waals surface area contributed by atoms with Crippen molar-refractivity contribution in [3.8, 4) is 11.5 Å². The number of carbonyl (C=O) groups is 2. The molecule has 0 spiro atoms. The molecule has 1 aliphatic carbocycles. The number of imide groups is 1. The lowest BCUT2D eigenvalue weighted by molar-refractivity contribution is -0.139. The summed E-state index contributed by atoms with van der Waals surface area (Å²) < 4.78 is 49.3. The number of alkyl halides is 3. The molecule has 0 radical (unpaired) electrons. The van der Waals surface area contributed by atoms with Crippen molar-refractivity contribution in [2.45, 2.75) is 43.4 Å². The van der Waals surface area contributed by atoms with E-state index >= 15 is 4.79 Å². The fraction of sp³-hybridized carbons (Fsp3) is 0.303. The molecule has 4 atom stereocenters. The van der Waals surface area contributed by atoms with Crippen molar-refractivity contribution in [3.63, 3.8) is 0 Å². The highest BCUT2D eigenvalue weighted by molar-refractivity contribution is 6.33. The number of rotatable bonds is 6. The third-order valence-corrected chi connectivity index (χ3v) is 10.2. The molecule has 1 saturated carbocycles. The quantitative estimate of drug-likeness (QED) is 0.213. The van der Waals surface area contributed by atoms with Crippen LogP contribution in [0.25, 0.3) is 0 Å². The minimum atomic E-state index is -4.75. The second-order valence-corrected chi connectivity index (χ2v) is 13.0. The van der Waals surface area contributed by atoms with Crippen LogP contribution in [0.5, 0.6) is 11.5 Å². The van der Waals surface area contributed by atoms with Gasteiger partial charge in [0.05, 0.1) is 41.1 Å². The van der Waals surface area contributed by atoms with Crippen molar-refractivity contribution in [2.24, 2.45) is 13.0 Å². The third kappa shape index (κ3) is 4.85. The monoisotopic (exact) mass is 730 g/mol. The fourth-order valence-corrected chi connectivity index (χ4v) is 7.84. The number of benzene rings is 2. The number of phenolic OH excluding ortho intramolecular Hbond substituents is 1. The molecule has 17 heteroatoms. The zero-order chi connectivity index (χ0) is 35.9. The second-order valence-electron chi connectivity index (χ2n) is 12.2. The van der Waals surface area contributed by atoms with Crippen molar-refractivity contribution >= 4 is 40.8 Å². The number of ether oxygens (including phenoxy) is 1. The second kappa shape index (κ2) is 11.8. The maximum atomic E-state index is 15.1. The van der Waals surface area contributed by atoms with Gasteiger partial charge in [0.1, 0.15) is 0 Å². The Morgan fingerprint density at radius 1 is 1.06 bits per heavy atom. The molecule has 1 saturated heterocycles. The molecule has 2 fully saturated rings. The molecule has 260 valence electrons. The topological polar surface area (TPSA) is 141 Å². The number of anilines is 1. The molecule has 2 aromatic carbocycles. The molecular weight excluding hydrogens is 704 g/mol. The summed E-state index contributed by atoms with van der Waals surface area (Å²) in [7, 11) is 1.34. The lowest BCUT2D eigenvalue weighted by Gasteiger charge is -2.49. The Kier molecular flexibility index (Phi) is 7.90. The standard InChI is InChI=1S/C33H27Cl2F3N6O6/c1-3-50-25-12-16(4-9-24(25)45)26-20-10-11-42-30(48)41(2)31(49)44(42)23(20)14-21-28(46)43(29(47)32(21,26)17-5-7-19(34)8-6-17)40-27-22(35)13-18(15-39-27)33(36,37)38/h4-10,12-13,15,21,23,26,45H,3,11,14H2,1-2H3,(H,39,40). The van der Waals surface area contributed by atoms with Gasteiger partial charge in [0.2, 0.25) is 0 Å². The normalized spacial score (nSPS) is 22.9. The van der Waals surface area contributed by atoms with Crippen LogP contribution in [0.15, 0.2) is 76.0 Å². The van der Waals surface area contributed by atoms with Gasteiger partial charge in [0, 0.05) is 24.2 Å². The number of amides is 2. The number of aromatic nitrogens is 4. The summed E-state index contributed by atoms with van der Waals surface area (Å²) in [6, 6.07) is 10.6. The number of nitrogens with one attached hydrogen (secondary N) is 1. The Balaban J connectivity index is 1.48. The van der Waals surface area contributed by atoms with Gasteiger partial charge in [-0.2, -0.15) is 18.2 Å². The number of allylic oxidation sites excluding steroid dienone is 2. The summed E-state index contributed by atoms with van der Waals surface area (Å²) in [6.07, 6.45) is -2.60. The molecule has 0 bridgehead atoms. The number of nitrogens with zero attached hydrogens (tertiary/aromatic N) is 5. The van der Waals surface area contributed by atoms with Crippen LogP contribution >= 0.6 is 23.2 Å². The van der Waals surface area contributed by atoms with E-state index in [1.807, 2.05) is 0 Å². The number of aromatic hydroxyl groups is 1. The van der Waals surface area contributed by atoms with Gasteiger partial charge in [0.15, 0.2) is 17.3 Å². The van der Waals surface area contributed by atoms with Crippen molar-refractivity contribution in [1.29, 1.82) is 0 Å². The number of fused-ring (bicyclic) bond motifs is 4. The molecule has 2 amide bonds. The van der Waals surface area contributed by atoms with E-state index in [0.717, 1.165) is 4.57 Å². The SMILES string of the molecule is CCOc1cc(C2C3=CCn4c(=O)n(C)c(=O)n4C3CC3C(=O)N(Nc4ncc(C(F)(F)F)cc4Cl)C(=O)C32c2ccc(Cl)cc2)ccc1O. The lowest BCUT2D eigenvalue weighted by atomic mass is 9.53. The van der Waals surface area contributed by atoms with Gasteiger partial charge >= 0.3 is 17.6 Å². The molecule has 3 aliphatic rings. The average Bonchev–Trinajstić information content (AvgIpc) is 3.43. The maximum absolute atomic E-state index is 15.1. The van der Waals surface area contributed by atoms with E-state index in [0.29, 0.717) is 39.0 Å². The maximum Gasteiger partial charge on any atom is 0.417 e. The van der Waals surface area contributed by atoms with E-state index in [2.05, 4.69) is 10.4 Å². The number of hydrogen-bond acceptors (Lipinski definition) is 8. The van der Waals surface area contributed by atoms with Crippen LogP contribution in [0.2, 0.25) is 10.0 Å². The molecule has 4 unspecified atom stereocenters. The Bertz CT molecular complexity index is 2230. The molecule has 7 rings (SSSR count). The van der Waals surface area contributed by atoms with Crippen LogP contribution in [-0.4, -0.2) is 47.5 Å². The van der Waals surface area contributed by atoms with Gasteiger partial charge in [-0.15, -0.1) is 0 Å². The molecular formula is C33H27Cl2F3N6O6. The van der Waals surface area contributed by atoms with Crippen LogP contribution in [-0.2, 0) is 34.8 Å².